The van der Waals surface area contributed by atoms with Gasteiger partial charge in [0.05, 0.1) is 6.10 Å². The van der Waals surface area contributed by atoms with E-state index in [9.17, 15) is 5.11 Å². The molecule has 2 heteroatoms. The molecule has 1 heterocycles. The van der Waals surface area contributed by atoms with E-state index in [0.717, 1.165) is 18.8 Å². The fraction of sp³-hybridized carbons (Fsp3) is 1.00. The third-order valence-corrected chi connectivity index (χ3v) is 3.21. The Kier molecular flexibility index (Phi) is 2.66. The molecule has 12 heavy (non-hydrogen) atoms. The lowest BCUT2D eigenvalue weighted by Gasteiger charge is -2.26. The minimum absolute atomic E-state index is 0.375. The van der Waals surface area contributed by atoms with Crippen LogP contribution in [0.1, 0.15) is 44.9 Å². The standard InChI is InChI=1S/C10H18O2/c11-10-7-6-9(12-10)8-4-2-1-3-5-8/h8-11H,1-7H2/t9-,10-/m0/s1. The molecule has 0 amide bonds. The predicted octanol–water partition coefficient (Wildman–Crippen LogP) is 2.06. The fourth-order valence-corrected chi connectivity index (χ4v) is 2.50. The highest BCUT2D eigenvalue weighted by atomic mass is 16.6. The van der Waals surface area contributed by atoms with Gasteiger partial charge in [-0.25, -0.2) is 0 Å². The molecule has 1 saturated carbocycles. The Balaban J connectivity index is 1.83. The first kappa shape index (κ1) is 8.52. The predicted molar refractivity (Wildman–Crippen MR) is 46.7 cm³/mol. The molecule has 0 aromatic carbocycles. The minimum atomic E-state index is -0.461. The minimum Gasteiger partial charge on any atom is -0.368 e. The first-order valence-corrected chi connectivity index (χ1v) is 5.20. The van der Waals surface area contributed by atoms with Crippen LogP contribution >= 0.6 is 0 Å². The van der Waals surface area contributed by atoms with Gasteiger partial charge in [-0.1, -0.05) is 19.3 Å². The van der Waals surface area contributed by atoms with Gasteiger partial charge in [0.2, 0.25) is 0 Å². The Morgan fingerprint density at radius 2 is 1.67 bits per heavy atom. The topological polar surface area (TPSA) is 29.5 Å². The van der Waals surface area contributed by atoms with Gasteiger partial charge in [0.15, 0.2) is 6.29 Å². The van der Waals surface area contributed by atoms with Crippen LogP contribution in [0.3, 0.4) is 0 Å². The normalized spacial score (nSPS) is 38.8. The number of ether oxygens (including phenoxy) is 1. The van der Waals surface area contributed by atoms with Gasteiger partial charge < -0.3 is 9.84 Å². The number of hydrogen-bond donors (Lipinski definition) is 1. The molecule has 0 spiro atoms. The van der Waals surface area contributed by atoms with Crippen LogP contribution in [0.5, 0.6) is 0 Å². The highest BCUT2D eigenvalue weighted by molar-refractivity contribution is 4.78. The first-order valence-electron chi connectivity index (χ1n) is 5.20. The van der Waals surface area contributed by atoms with Crippen molar-refractivity contribution in [3.63, 3.8) is 0 Å². The first-order chi connectivity index (χ1) is 5.86. The maximum absolute atomic E-state index is 9.21. The van der Waals surface area contributed by atoms with Gasteiger partial charge in [-0.3, -0.25) is 0 Å². The number of rotatable bonds is 1. The van der Waals surface area contributed by atoms with Crippen LogP contribution in [0.15, 0.2) is 0 Å². The van der Waals surface area contributed by atoms with E-state index in [1.165, 1.54) is 32.1 Å². The molecule has 1 aliphatic heterocycles. The molecule has 2 aliphatic rings. The van der Waals surface area contributed by atoms with E-state index in [2.05, 4.69) is 0 Å². The van der Waals surface area contributed by atoms with Crippen molar-refractivity contribution in [2.24, 2.45) is 5.92 Å². The molecular formula is C10H18O2. The quantitative estimate of drug-likeness (QED) is 0.652. The molecule has 0 unspecified atom stereocenters. The van der Waals surface area contributed by atoms with Gasteiger partial charge in [-0.2, -0.15) is 0 Å². The summed E-state index contributed by atoms with van der Waals surface area (Å²) >= 11 is 0. The third kappa shape index (κ3) is 1.80. The van der Waals surface area contributed by atoms with Gasteiger partial charge >= 0.3 is 0 Å². The van der Waals surface area contributed by atoms with Crippen LogP contribution in [0, 0.1) is 5.92 Å². The molecule has 0 radical (unpaired) electrons. The van der Waals surface area contributed by atoms with Gasteiger partial charge in [0, 0.05) is 6.42 Å². The Bertz CT molecular complexity index is 138. The van der Waals surface area contributed by atoms with Gasteiger partial charge in [-0.05, 0) is 25.2 Å². The highest BCUT2D eigenvalue weighted by Crippen LogP contribution is 2.33. The zero-order valence-electron chi connectivity index (χ0n) is 7.54. The van der Waals surface area contributed by atoms with Gasteiger partial charge in [0.1, 0.15) is 0 Å². The van der Waals surface area contributed by atoms with Gasteiger partial charge in [-0.15, -0.1) is 0 Å². The summed E-state index contributed by atoms with van der Waals surface area (Å²) < 4.78 is 5.46. The molecule has 2 nitrogen and oxygen atoms in total. The summed E-state index contributed by atoms with van der Waals surface area (Å²) in [7, 11) is 0. The second-order valence-corrected chi connectivity index (χ2v) is 4.10. The molecule has 1 aliphatic carbocycles. The summed E-state index contributed by atoms with van der Waals surface area (Å²) in [6, 6.07) is 0. The van der Waals surface area contributed by atoms with E-state index in [-0.39, 0.29) is 0 Å². The zero-order valence-corrected chi connectivity index (χ0v) is 7.54. The van der Waals surface area contributed by atoms with E-state index < -0.39 is 6.29 Å². The maximum atomic E-state index is 9.21. The molecule has 2 fully saturated rings. The number of aliphatic hydroxyl groups is 1. The van der Waals surface area contributed by atoms with Crippen LogP contribution < -0.4 is 0 Å². The summed E-state index contributed by atoms with van der Waals surface area (Å²) in [6.45, 7) is 0. The average Bonchev–Trinajstić information content (AvgIpc) is 2.54. The van der Waals surface area contributed by atoms with Crippen molar-refractivity contribution >= 4 is 0 Å². The van der Waals surface area contributed by atoms with Crippen molar-refractivity contribution in [3.8, 4) is 0 Å². The second-order valence-electron chi connectivity index (χ2n) is 4.10. The zero-order chi connectivity index (χ0) is 8.39. The lowest BCUT2D eigenvalue weighted by Crippen LogP contribution is -2.23. The fourth-order valence-electron chi connectivity index (χ4n) is 2.50. The van der Waals surface area contributed by atoms with Crippen molar-refractivity contribution < 1.29 is 9.84 Å². The number of aliphatic hydroxyl groups excluding tert-OH is 1. The Labute approximate surface area is 73.9 Å². The monoisotopic (exact) mass is 170 g/mol. The SMILES string of the molecule is O[C@@H]1CC[C@@H](C2CCCCC2)O1. The summed E-state index contributed by atoms with van der Waals surface area (Å²) in [5, 5.41) is 9.21. The molecule has 0 bridgehead atoms. The van der Waals surface area contributed by atoms with Gasteiger partial charge in [0.25, 0.3) is 0 Å². The molecule has 0 aromatic rings. The van der Waals surface area contributed by atoms with Crippen LogP contribution in [0.2, 0.25) is 0 Å². The molecule has 1 N–H and O–H groups in total. The van der Waals surface area contributed by atoms with Crippen molar-refractivity contribution in [2.75, 3.05) is 0 Å². The third-order valence-electron chi connectivity index (χ3n) is 3.21. The molecule has 0 aromatic heterocycles. The van der Waals surface area contributed by atoms with E-state index in [1.807, 2.05) is 0 Å². The maximum Gasteiger partial charge on any atom is 0.155 e. The summed E-state index contributed by atoms with van der Waals surface area (Å²) in [5.74, 6) is 0.746. The second kappa shape index (κ2) is 3.75. The van der Waals surface area contributed by atoms with E-state index in [4.69, 9.17) is 4.74 Å². The molecule has 70 valence electrons. The lowest BCUT2D eigenvalue weighted by atomic mass is 9.84. The molecular weight excluding hydrogens is 152 g/mol. The van der Waals surface area contributed by atoms with Crippen LogP contribution in [-0.4, -0.2) is 17.5 Å². The lowest BCUT2D eigenvalue weighted by molar-refractivity contribution is -0.108. The van der Waals surface area contributed by atoms with Crippen LogP contribution in [-0.2, 0) is 4.74 Å². The Morgan fingerprint density at radius 1 is 0.917 bits per heavy atom. The van der Waals surface area contributed by atoms with Crippen LogP contribution in [0.25, 0.3) is 0 Å². The Hall–Kier alpha value is -0.0800. The van der Waals surface area contributed by atoms with Crippen molar-refractivity contribution in [3.05, 3.63) is 0 Å². The summed E-state index contributed by atoms with van der Waals surface area (Å²) in [6.07, 6.45) is 8.59. The average molecular weight is 170 g/mol. The van der Waals surface area contributed by atoms with Crippen molar-refractivity contribution in [1.29, 1.82) is 0 Å². The molecule has 2 atom stereocenters. The molecule has 1 saturated heterocycles. The smallest absolute Gasteiger partial charge is 0.155 e. The van der Waals surface area contributed by atoms with Crippen molar-refractivity contribution in [2.45, 2.75) is 57.3 Å². The Morgan fingerprint density at radius 3 is 2.25 bits per heavy atom. The van der Waals surface area contributed by atoms with E-state index >= 15 is 0 Å². The summed E-state index contributed by atoms with van der Waals surface area (Å²) in [4.78, 5) is 0. The highest BCUT2D eigenvalue weighted by Gasteiger charge is 2.30. The van der Waals surface area contributed by atoms with E-state index in [0.29, 0.717) is 6.10 Å². The summed E-state index contributed by atoms with van der Waals surface area (Å²) in [5.41, 5.74) is 0. The van der Waals surface area contributed by atoms with E-state index in [1.54, 1.807) is 0 Å². The van der Waals surface area contributed by atoms with Crippen molar-refractivity contribution in [1.82, 2.24) is 0 Å². The largest absolute Gasteiger partial charge is 0.368 e. The van der Waals surface area contributed by atoms with Crippen LogP contribution in [0.4, 0.5) is 0 Å². The molecule has 2 rings (SSSR count). The number of hydrogen-bond acceptors (Lipinski definition) is 2.